The maximum Gasteiger partial charge on any atom is 0.243 e. The zero-order chi connectivity index (χ0) is 13.8. The van der Waals surface area contributed by atoms with Gasteiger partial charge in [0.2, 0.25) is 5.91 Å². The second-order valence-electron chi connectivity index (χ2n) is 4.98. The van der Waals surface area contributed by atoms with Crippen LogP contribution in [0.2, 0.25) is 0 Å². The first-order valence-corrected chi connectivity index (χ1v) is 6.64. The molecule has 1 amide bonds. The van der Waals surface area contributed by atoms with Gasteiger partial charge in [0, 0.05) is 38.4 Å². The summed E-state index contributed by atoms with van der Waals surface area (Å²) in [5.74, 6) is 1.19. The fourth-order valence-electron chi connectivity index (χ4n) is 2.21. The smallest absolute Gasteiger partial charge is 0.243 e. The lowest BCUT2D eigenvalue weighted by Crippen LogP contribution is -2.58. The Kier molecular flexibility index (Phi) is 4.31. The Labute approximate surface area is 113 Å². The van der Waals surface area contributed by atoms with Crippen LogP contribution in [0, 0.1) is 0 Å². The Morgan fingerprint density at radius 3 is 3.00 bits per heavy atom. The number of nitrogens with one attached hydrogen (secondary N) is 2. The van der Waals surface area contributed by atoms with E-state index in [1.54, 1.807) is 13.4 Å². The van der Waals surface area contributed by atoms with Gasteiger partial charge in [0.25, 0.3) is 0 Å². The zero-order valence-corrected chi connectivity index (χ0v) is 11.7. The van der Waals surface area contributed by atoms with Gasteiger partial charge >= 0.3 is 0 Å². The molecule has 104 valence electrons. The molecule has 0 bridgehead atoms. The Balaban J connectivity index is 2.26. The van der Waals surface area contributed by atoms with E-state index in [0.29, 0.717) is 12.5 Å². The maximum atomic E-state index is 11.9. The van der Waals surface area contributed by atoms with Crippen molar-refractivity contribution in [2.45, 2.75) is 25.8 Å². The molecular formula is C13H21N5O. The van der Waals surface area contributed by atoms with Crippen LogP contribution in [0.25, 0.3) is 0 Å². The highest BCUT2D eigenvalue weighted by molar-refractivity contribution is 5.85. The van der Waals surface area contributed by atoms with E-state index in [1.165, 1.54) is 0 Å². The Hall–Kier alpha value is -1.69. The minimum Gasteiger partial charge on any atom is -0.357 e. The van der Waals surface area contributed by atoms with Gasteiger partial charge in [0.1, 0.15) is 18.2 Å². The van der Waals surface area contributed by atoms with Crippen molar-refractivity contribution >= 4 is 11.7 Å². The van der Waals surface area contributed by atoms with Gasteiger partial charge in [-0.05, 0) is 5.92 Å². The summed E-state index contributed by atoms with van der Waals surface area (Å²) in [7, 11) is 1.66. The van der Waals surface area contributed by atoms with Crippen molar-refractivity contribution in [3.05, 3.63) is 18.1 Å². The lowest BCUT2D eigenvalue weighted by Gasteiger charge is -2.35. The van der Waals surface area contributed by atoms with E-state index in [1.807, 2.05) is 11.0 Å². The molecule has 2 heterocycles. The number of carbonyl (C=O) groups is 1. The van der Waals surface area contributed by atoms with E-state index in [4.69, 9.17) is 0 Å². The average molecular weight is 263 g/mol. The fourth-order valence-corrected chi connectivity index (χ4v) is 2.21. The Bertz CT molecular complexity index is 448. The number of piperazine rings is 1. The first-order valence-electron chi connectivity index (χ1n) is 6.64. The molecule has 6 heteroatoms. The minimum atomic E-state index is -0.214. The van der Waals surface area contributed by atoms with E-state index >= 15 is 0 Å². The normalized spacial score (nSPS) is 19.6. The van der Waals surface area contributed by atoms with Crippen LogP contribution < -0.4 is 15.5 Å². The third-order valence-corrected chi connectivity index (χ3v) is 3.35. The predicted octanol–water partition coefficient (Wildman–Crippen LogP) is 0.124. The van der Waals surface area contributed by atoms with Crippen LogP contribution in [-0.2, 0) is 4.79 Å². The topological polar surface area (TPSA) is 70.2 Å². The summed E-state index contributed by atoms with van der Waals surface area (Å²) in [4.78, 5) is 22.6. The molecule has 2 N–H and O–H groups in total. The van der Waals surface area contributed by atoms with Crippen molar-refractivity contribution < 1.29 is 4.79 Å². The molecule has 1 aromatic heterocycles. The molecule has 6 nitrogen and oxygen atoms in total. The van der Waals surface area contributed by atoms with E-state index in [2.05, 4.69) is 34.4 Å². The van der Waals surface area contributed by atoms with Crippen LogP contribution in [0.4, 0.5) is 5.82 Å². The molecule has 1 atom stereocenters. The lowest BCUT2D eigenvalue weighted by molar-refractivity contribution is -0.122. The highest BCUT2D eigenvalue weighted by Gasteiger charge is 2.29. The molecule has 2 rings (SSSR count). The van der Waals surface area contributed by atoms with Crippen molar-refractivity contribution in [1.82, 2.24) is 20.6 Å². The summed E-state index contributed by atoms with van der Waals surface area (Å²) in [5.41, 5.74) is 0.999. The first kappa shape index (κ1) is 13.7. The third kappa shape index (κ3) is 3.01. The molecule has 19 heavy (non-hydrogen) atoms. The van der Waals surface area contributed by atoms with Crippen molar-refractivity contribution in [3.8, 4) is 0 Å². The molecule has 0 aromatic carbocycles. The highest BCUT2D eigenvalue weighted by atomic mass is 16.2. The second kappa shape index (κ2) is 5.97. The van der Waals surface area contributed by atoms with E-state index in [0.717, 1.165) is 24.6 Å². The molecule has 0 aliphatic carbocycles. The van der Waals surface area contributed by atoms with Gasteiger partial charge in [-0.1, -0.05) is 13.8 Å². The number of rotatable bonds is 3. The van der Waals surface area contributed by atoms with Crippen LogP contribution in [0.5, 0.6) is 0 Å². The third-order valence-electron chi connectivity index (χ3n) is 3.35. The minimum absolute atomic E-state index is 0.0110. The number of likely N-dealkylation sites (N-methyl/N-ethyl adjacent to an activating group) is 1. The van der Waals surface area contributed by atoms with E-state index in [-0.39, 0.29) is 11.9 Å². The molecule has 1 aliphatic heterocycles. The molecule has 1 aliphatic rings. The number of nitrogens with zero attached hydrogens (tertiary/aromatic N) is 3. The molecule has 1 aromatic rings. The van der Waals surface area contributed by atoms with Crippen LogP contribution in [0.15, 0.2) is 12.4 Å². The van der Waals surface area contributed by atoms with Gasteiger partial charge in [-0.25, -0.2) is 9.97 Å². The molecule has 1 saturated heterocycles. The Morgan fingerprint density at radius 1 is 1.53 bits per heavy atom. The van der Waals surface area contributed by atoms with Gasteiger partial charge in [-0.15, -0.1) is 0 Å². The largest absolute Gasteiger partial charge is 0.357 e. The summed E-state index contributed by atoms with van der Waals surface area (Å²) < 4.78 is 0. The van der Waals surface area contributed by atoms with Crippen molar-refractivity contribution in [3.63, 3.8) is 0 Å². The van der Waals surface area contributed by atoms with Crippen LogP contribution in [0.3, 0.4) is 0 Å². The van der Waals surface area contributed by atoms with Gasteiger partial charge < -0.3 is 15.5 Å². The highest BCUT2D eigenvalue weighted by Crippen LogP contribution is 2.19. The summed E-state index contributed by atoms with van der Waals surface area (Å²) in [6.07, 6.45) is 1.58. The molecule has 0 spiro atoms. The number of hydrogen-bond donors (Lipinski definition) is 2. The summed E-state index contributed by atoms with van der Waals surface area (Å²) >= 11 is 0. The van der Waals surface area contributed by atoms with Crippen molar-refractivity contribution in [2.24, 2.45) is 0 Å². The van der Waals surface area contributed by atoms with Gasteiger partial charge in [0.05, 0.1) is 0 Å². The standard InChI is InChI=1S/C13H21N5O/c1-9(2)10-6-12(17-8-16-10)18-5-4-15-7-11(18)13(19)14-3/h6,8-9,11,15H,4-5,7H2,1-3H3,(H,14,19). The molecule has 0 saturated carbocycles. The average Bonchev–Trinajstić information content (AvgIpc) is 2.46. The van der Waals surface area contributed by atoms with Crippen molar-refractivity contribution in [1.29, 1.82) is 0 Å². The summed E-state index contributed by atoms with van der Waals surface area (Å²) in [6.45, 7) is 6.46. The molecule has 1 fully saturated rings. The fraction of sp³-hybridized carbons (Fsp3) is 0.615. The van der Waals surface area contributed by atoms with Gasteiger partial charge in [-0.2, -0.15) is 0 Å². The quantitative estimate of drug-likeness (QED) is 0.811. The maximum absolute atomic E-state index is 11.9. The number of hydrogen-bond acceptors (Lipinski definition) is 5. The number of carbonyl (C=O) groups excluding carboxylic acids is 1. The predicted molar refractivity (Wildman–Crippen MR) is 74.2 cm³/mol. The lowest BCUT2D eigenvalue weighted by atomic mass is 10.1. The van der Waals surface area contributed by atoms with Crippen molar-refractivity contribution in [2.75, 3.05) is 31.6 Å². The van der Waals surface area contributed by atoms with E-state index < -0.39 is 0 Å². The SMILES string of the molecule is CNC(=O)C1CNCCN1c1cc(C(C)C)ncn1. The zero-order valence-electron chi connectivity index (χ0n) is 11.7. The van der Waals surface area contributed by atoms with Crippen LogP contribution in [0.1, 0.15) is 25.5 Å². The van der Waals surface area contributed by atoms with Gasteiger partial charge in [0.15, 0.2) is 0 Å². The Morgan fingerprint density at radius 2 is 2.32 bits per heavy atom. The van der Waals surface area contributed by atoms with Gasteiger partial charge in [-0.3, -0.25) is 4.79 Å². The second-order valence-corrected chi connectivity index (χ2v) is 4.98. The summed E-state index contributed by atoms with van der Waals surface area (Å²) in [5, 5.41) is 5.95. The summed E-state index contributed by atoms with van der Waals surface area (Å²) in [6, 6.07) is 1.76. The monoisotopic (exact) mass is 263 g/mol. The number of aromatic nitrogens is 2. The van der Waals surface area contributed by atoms with Crippen LogP contribution >= 0.6 is 0 Å². The first-order chi connectivity index (χ1) is 9.13. The van der Waals surface area contributed by atoms with E-state index in [9.17, 15) is 4.79 Å². The molecule has 1 unspecified atom stereocenters. The number of anilines is 1. The molecular weight excluding hydrogens is 242 g/mol. The number of amides is 1. The van der Waals surface area contributed by atoms with Crippen LogP contribution in [-0.4, -0.2) is 48.6 Å². The molecule has 0 radical (unpaired) electrons.